The highest BCUT2D eigenvalue weighted by Gasteiger charge is 2.59. The summed E-state index contributed by atoms with van der Waals surface area (Å²) in [7, 11) is 0. The van der Waals surface area contributed by atoms with Crippen molar-refractivity contribution in [1.82, 2.24) is 15.8 Å². The lowest BCUT2D eigenvalue weighted by atomic mass is 9.47. The predicted octanol–water partition coefficient (Wildman–Crippen LogP) is 9.99. The summed E-state index contributed by atoms with van der Waals surface area (Å²) in [5.41, 5.74) is 6.35. The third kappa shape index (κ3) is 11.7. The van der Waals surface area contributed by atoms with Crippen molar-refractivity contribution >= 4 is 35.5 Å². The van der Waals surface area contributed by atoms with Crippen molar-refractivity contribution in [1.29, 1.82) is 0 Å². The summed E-state index contributed by atoms with van der Waals surface area (Å²) < 4.78 is 11.7. The number of fused-ring (bicyclic) bond motifs is 5. The molecule has 1 aromatic rings. The second kappa shape index (κ2) is 21.4. The Morgan fingerprint density at radius 1 is 0.871 bits per heavy atom. The van der Waals surface area contributed by atoms with Gasteiger partial charge in [-0.15, -0.1) is 5.06 Å². The number of nitrogens with one attached hydrogen (secondary N) is 2. The number of hydrogen-bond donors (Lipinski definition) is 2. The van der Waals surface area contributed by atoms with Crippen LogP contribution in [0.4, 0.5) is 4.79 Å². The van der Waals surface area contributed by atoms with Crippen LogP contribution in [0.1, 0.15) is 169 Å². The van der Waals surface area contributed by atoms with Crippen LogP contribution in [0.15, 0.2) is 41.0 Å². The van der Waals surface area contributed by atoms with Crippen molar-refractivity contribution in [2.75, 3.05) is 13.2 Å². The van der Waals surface area contributed by atoms with Crippen molar-refractivity contribution < 1.29 is 38.3 Å². The first-order valence-corrected chi connectivity index (χ1v) is 23.9. The van der Waals surface area contributed by atoms with Crippen molar-refractivity contribution in [2.24, 2.45) is 51.4 Å². The van der Waals surface area contributed by atoms with Gasteiger partial charge in [0, 0.05) is 32.2 Å². The second-order valence-electron chi connectivity index (χ2n) is 20.1. The maximum Gasteiger partial charge on any atom is 0.407 e. The molecule has 0 bridgehead atoms. The number of hydrogen-bond acceptors (Lipinski definition) is 9. The average molecular weight is 859 g/mol. The third-order valence-corrected chi connectivity index (χ3v) is 15.5. The molecule has 4 amide bonds. The Kier molecular flexibility index (Phi) is 16.3. The lowest BCUT2D eigenvalue weighted by Gasteiger charge is -2.58. The van der Waals surface area contributed by atoms with Crippen LogP contribution in [0, 0.1) is 46.3 Å². The molecule has 1 saturated heterocycles. The van der Waals surface area contributed by atoms with Crippen molar-refractivity contribution in [3.63, 3.8) is 0 Å². The number of nitrogens with zero attached hydrogens (tertiary/aromatic N) is 2. The van der Waals surface area contributed by atoms with Gasteiger partial charge in [-0.1, -0.05) is 72.0 Å². The fourth-order valence-corrected chi connectivity index (χ4v) is 12.0. The summed E-state index contributed by atoms with van der Waals surface area (Å²) in [4.78, 5) is 65.3. The standard InChI is InChI=1S/C50H74N4O8/c1-33(2)12-10-13-34(3)41-22-23-42-40-21-18-37-32-39(26-28-49(37,5)43(40)27-29-50(41,42)6)61-48(59)51-30-9-7-8-14-44(55)53-52-35(4)36-16-19-38(20-17-36)60-31-11-15-47(58)62-54-45(56)24-25-46(54)57/h16-20,33-34,39-43H,7-15,21-32H2,1-6H3,(H,51,59)(H,53,55)/t34-,39+,40?,41-,42?,43?,49+,50-/m1/s1. The minimum Gasteiger partial charge on any atom is -0.494 e. The van der Waals surface area contributed by atoms with Gasteiger partial charge in [0.15, 0.2) is 0 Å². The van der Waals surface area contributed by atoms with Gasteiger partial charge >= 0.3 is 12.1 Å². The fourth-order valence-electron chi connectivity index (χ4n) is 12.0. The molecule has 1 heterocycles. The topological polar surface area (TPSA) is 153 Å². The molecule has 62 heavy (non-hydrogen) atoms. The molecule has 2 N–H and O–H groups in total. The van der Waals surface area contributed by atoms with E-state index in [9.17, 15) is 24.0 Å². The van der Waals surface area contributed by atoms with Crippen molar-refractivity contribution in [2.45, 2.75) is 170 Å². The van der Waals surface area contributed by atoms with Gasteiger partial charge in [0.2, 0.25) is 5.91 Å². The van der Waals surface area contributed by atoms with Crippen LogP contribution in [0.25, 0.3) is 0 Å². The highest BCUT2D eigenvalue weighted by atomic mass is 16.7. The number of unbranched alkanes of at least 4 members (excludes halogenated alkanes) is 2. The van der Waals surface area contributed by atoms with E-state index in [1.165, 1.54) is 56.9 Å². The molecule has 4 fully saturated rings. The van der Waals surface area contributed by atoms with Crippen LogP contribution in [0.3, 0.4) is 0 Å². The summed E-state index contributed by atoms with van der Waals surface area (Å²) in [6.07, 6.45) is 18.9. The molecule has 12 heteroatoms. The summed E-state index contributed by atoms with van der Waals surface area (Å²) >= 11 is 0. The van der Waals surface area contributed by atoms with Gasteiger partial charge in [-0.25, -0.2) is 15.0 Å². The van der Waals surface area contributed by atoms with E-state index in [1.807, 2.05) is 19.1 Å². The number of carbonyl (C=O) groups is 5. The van der Waals surface area contributed by atoms with Gasteiger partial charge in [0.1, 0.15) is 11.9 Å². The summed E-state index contributed by atoms with van der Waals surface area (Å²) in [5, 5.41) is 7.74. The number of hydrazone groups is 1. The Bertz CT molecular complexity index is 1790. The molecule has 342 valence electrons. The molecule has 3 unspecified atom stereocenters. The first-order chi connectivity index (χ1) is 29.7. The zero-order chi connectivity index (χ0) is 44.4. The number of ether oxygens (including phenoxy) is 2. The molecule has 0 spiro atoms. The highest BCUT2D eigenvalue weighted by molar-refractivity contribution is 6.01. The minimum absolute atomic E-state index is 0.00457. The molecule has 5 aliphatic rings. The molecule has 3 saturated carbocycles. The van der Waals surface area contributed by atoms with E-state index < -0.39 is 17.8 Å². The monoisotopic (exact) mass is 859 g/mol. The number of carbonyl (C=O) groups excluding carboxylic acids is 5. The number of imide groups is 1. The van der Waals surface area contributed by atoms with E-state index in [0.717, 1.165) is 73.2 Å². The molecule has 4 aliphatic carbocycles. The van der Waals surface area contributed by atoms with Crippen LogP contribution in [-0.4, -0.2) is 59.8 Å². The van der Waals surface area contributed by atoms with Crippen LogP contribution >= 0.6 is 0 Å². The van der Waals surface area contributed by atoms with E-state index in [1.54, 1.807) is 12.1 Å². The SMILES string of the molecule is CC(=NNC(=O)CCCCCNC(=O)O[C@H]1CC[C@@]2(C)C(=CCC3C2CC[C@@]2(C)C3CC[C@@H]2[C@H](C)CCCC(C)C)C1)c1ccc(OCCCC(=O)ON2C(=O)CCC2=O)cc1. The molecule has 1 aliphatic heterocycles. The highest BCUT2D eigenvalue weighted by Crippen LogP contribution is 2.67. The Morgan fingerprint density at radius 2 is 1.63 bits per heavy atom. The first kappa shape index (κ1) is 47.3. The molecule has 12 nitrogen and oxygen atoms in total. The van der Waals surface area contributed by atoms with Gasteiger partial charge < -0.3 is 19.6 Å². The van der Waals surface area contributed by atoms with Crippen molar-refractivity contribution in [3.8, 4) is 5.75 Å². The third-order valence-electron chi connectivity index (χ3n) is 15.5. The van der Waals surface area contributed by atoms with Gasteiger partial charge in [-0.05, 0) is 147 Å². The zero-order valence-corrected chi connectivity index (χ0v) is 38.4. The number of amides is 4. The van der Waals surface area contributed by atoms with Crippen LogP contribution in [0.2, 0.25) is 0 Å². The maximum absolute atomic E-state index is 12.8. The van der Waals surface area contributed by atoms with Crippen molar-refractivity contribution in [3.05, 3.63) is 41.5 Å². The normalized spacial score (nSPS) is 28.7. The Hall–Kier alpha value is -4.22. The fraction of sp³-hybridized carbons (Fsp3) is 0.720. The molecule has 0 aromatic heterocycles. The van der Waals surface area contributed by atoms with E-state index >= 15 is 0 Å². The number of hydroxylamine groups is 2. The summed E-state index contributed by atoms with van der Waals surface area (Å²) in [6, 6.07) is 7.21. The van der Waals surface area contributed by atoms with E-state index in [2.05, 4.69) is 56.5 Å². The largest absolute Gasteiger partial charge is 0.494 e. The Morgan fingerprint density at radius 3 is 2.37 bits per heavy atom. The van der Waals surface area contributed by atoms with Gasteiger partial charge in [0.25, 0.3) is 11.8 Å². The van der Waals surface area contributed by atoms with Crippen LogP contribution < -0.4 is 15.5 Å². The van der Waals surface area contributed by atoms with E-state index in [-0.39, 0.29) is 49.4 Å². The van der Waals surface area contributed by atoms with Gasteiger partial charge in [-0.3, -0.25) is 14.4 Å². The molecular weight excluding hydrogens is 785 g/mol. The summed E-state index contributed by atoms with van der Waals surface area (Å²) in [5.74, 6) is 3.65. The van der Waals surface area contributed by atoms with E-state index in [4.69, 9.17) is 14.3 Å². The molecule has 8 atom stereocenters. The number of allylic oxidation sites excluding steroid dienone is 1. The predicted molar refractivity (Wildman–Crippen MR) is 238 cm³/mol. The first-order valence-electron chi connectivity index (χ1n) is 23.9. The zero-order valence-electron chi connectivity index (χ0n) is 38.4. The quantitative estimate of drug-likeness (QED) is 0.0432. The number of alkyl carbamates (subject to hydrolysis) is 1. The lowest BCUT2D eigenvalue weighted by Crippen LogP contribution is -2.51. The Labute approximate surface area is 370 Å². The second-order valence-corrected chi connectivity index (χ2v) is 20.1. The number of benzene rings is 1. The van der Waals surface area contributed by atoms with Crippen LogP contribution in [0.5, 0.6) is 5.75 Å². The Balaban J connectivity index is 0.824. The average Bonchev–Trinajstić information content (AvgIpc) is 3.76. The number of rotatable bonds is 20. The molecule has 6 rings (SSSR count). The smallest absolute Gasteiger partial charge is 0.407 e. The van der Waals surface area contributed by atoms with Crippen LogP contribution in [-0.2, 0) is 28.8 Å². The van der Waals surface area contributed by atoms with E-state index in [0.29, 0.717) is 47.7 Å². The van der Waals surface area contributed by atoms with Gasteiger partial charge in [0.05, 0.1) is 18.7 Å². The molecular formula is C50H74N4O8. The molecule has 0 radical (unpaired) electrons. The minimum atomic E-state index is -0.660. The van der Waals surface area contributed by atoms with Gasteiger partial charge in [-0.2, -0.15) is 5.10 Å². The summed E-state index contributed by atoms with van der Waals surface area (Å²) in [6.45, 7) is 15.0. The molecule has 1 aromatic carbocycles. The maximum atomic E-state index is 12.8. The lowest BCUT2D eigenvalue weighted by molar-refractivity contribution is -0.197.